The van der Waals surface area contributed by atoms with Gasteiger partial charge in [-0.1, -0.05) is 11.8 Å². The lowest BCUT2D eigenvalue weighted by atomic mass is 10.4. The van der Waals surface area contributed by atoms with Gasteiger partial charge in [-0.2, -0.15) is 13.2 Å². The highest BCUT2D eigenvalue weighted by Gasteiger charge is 2.38. The molecular weight excluding hydrogens is 217 g/mol. The van der Waals surface area contributed by atoms with E-state index in [0.717, 1.165) is 11.8 Å². The van der Waals surface area contributed by atoms with E-state index in [-0.39, 0.29) is 0 Å². The van der Waals surface area contributed by atoms with Gasteiger partial charge in [0.1, 0.15) is 0 Å². The number of alkyl halides is 3. The minimum Gasteiger partial charge on any atom is -0.383 e. The molecule has 0 fully saturated rings. The molecular formula is C7H9F3N2OS. The Morgan fingerprint density at radius 2 is 2.29 bits per heavy atom. The van der Waals surface area contributed by atoms with Gasteiger partial charge in [0, 0.05) is 25.2 Å². The number of nitrogens with zero attached hydrogens (tertiary/aromatic N) is 2. The molecule has 7 heteroatoms. The van der Waals surface area contributed by atoms with Gasteiger partial charge in [-0.05, 0) is 0 Å². The van der Waals surface area contributed by atoms with Gasteiger partial charge >= 0.3 is 6.18 Å². The molecule has 0 saturated heterocycles. The fourth-order valence-electron chi connectivity index (χ4n) is 0.739. The van der Waals surface area contributed by atoms with Gasteiger partial charge in [0.15, 0.2) is 11.3 Å². The third-order valence-electron chi connectivity index (χ3n) is 1.53. The number of hydrogen-bond acceptors (Lipinski definition) is 3. The molecule has 0 aliphatic heterocycles. The second kappa shape index (κ2) is 4.22. The minimum atomic E-state index is -4.56. The van der Waals surface area contributed by atoms with Crippen LogP contribution >= 0.6 is 11.8 Å². The molecule has 0 unspecified atom stereocenters. The highest BCUT2D eigenvalue weighted by molar-refractivity contribution is 7.99. The molecule has 0 aromatic carbocycles. The molecule has 80 valence electrons. The van der Waals surface area contributed by atoms with Crippen LogP contribution in [0.5, 0.6) is 0 Å². The van der Waals surface area contributed by atoms with Gasteiger partial charge in [0.25, 0.3) is 0 Å². The molecule has 14 heavy (non-hydrogen) atoms. The fourth-order valence-corrected chi connectivity index (χ4v) is 1.63. The monoisotopic (exact) mass is 226 g/mol. The smallest absolute Gasteiger partial charge is 0.383 e. The fraction of sp³-hybridized carbons (Fsp3) is 0.571. The molecule has 1 N–H and O–H groups in total. The van der Waals surface area contributed by atoms with Crippen LogP contribution in [-0.4, -0.2) is 32.7 Å². The van der Waals surface area contributed by atoms with Crippen molar-refractivity contribution in [2.24, 2.45) is 7.05 Å². The summed E-state index contributed by atoms with van der Waals surface area (Å²) >= 11 is 0.871. The van der Waals surface area contributed by atoms with E-state index in [1.54, 1.807) is 17.8 Å². The van der Waals surface area contributed by atoms with Crippen molar-refractivity contribution < 1.29 is 18.3 Å². The lowest BCUT2D eigenvalue weighted by Gasteiger charge is -2.13. The summed E-state index contributed by atoms with van der Waals surface area (Å²) in [5.41, 5.74) is 0. The Bertz CT molecular complexity index is 299. The summed E-state index contributed by atoms with van der Waals surface area (Å²) in [6.45, 7) is 0. The Hall–Kier alpha value is -0.690. The summed E-state index contributed by atoms with van der Waals surface area (Å²) in [6.07, 6.45) is -3.74. The molecule has 0 bridgehead atoms. The summed E-state index contributed by atoms with van der Waals surface area (Å²) in [7, 11) is 1.68. The molecule has 0 aliphatic rings. The molecule has 0 amide bonds. The first kappa shape index (κ1) is 11.4. The predicted octanol–water partition coefficient (Wildman–Crippen LogP) is 1.44. The number of aromatic nitrogens is 2. The zero-order valence-corrected chi connectivity index (χ0v) is 8.14. The highest BCUT2D eigenvalue weighted by atomic mass is 32.2. The largest absolute Gasteiger partial charge is 0.415 e. The van der Waals surface area contributed by atoms with Gasteiger partial charge < -0.3 is 9.67 Å². The lowest BCUT2D eigenvalue weighted by Crippen LogP contribution is -2.30. The van der Waals surface area contributed by atoms with E-state index in [2.05, 4.69) is 4.98 Å². The van der Waals surface area contributed by atoms with E-state index in [4.69, 9.17) is 5.11 Å². The van der Waals surface area contributed by atoms with Crippen LogP contribution in [0.1, 0.15) is 0 Å². The van der Waals surface area contributed by atoms with E-state index in [0.29, 0.717) is 5.16 Å². The predicted molar refractivity (Wildman–Crippen MR) is 46.0 cm³/mol. The first-order valence-electron chi connectivity index (χ1n) is 3.76. The van der Waals surface area contributed by atoms with Gasteiger partial charge in [0.2, 0.25) is 0 Å². The summed E-state index contributed by atoms with van der Waals surface area (Å²) in [5.74, 6) is -0.436. The average molecular weight is 226 g/mol. The molecule has 1 aromatic rings. The second-order valence-electron chi connectivity index (χ2n) is 2.69. The van der Waals surface area contributed by atoms with Crippen molar-refractivity contribution in [3.63, 3.8) is 0 Å². The number of hydrogen-bond donors (Lipinski definition) is 1. The van der Waals surface area contributed by atoms with E-state index in [1.165, 1.54) is 6.20 Å². The van der Waals surface area contributed by atoms with Crippen molar-refractivity contribution in [3.8, 4) is 0 Å². The first-order valence-corrected chi connectivity index (χ1v) is 4.74. The van der Waals surface area contributed by atoms with Gasteiger partial charge in [-0.25, -0.2) is 4.98 Å². The molecule has 1 aromatic heterocycles. The third kappa shape index (κ3) is 2.91. The summed E-state index contributed by atoms with van der Waals surface area (Å²) < 4.78 is 37.3. The van der Waals surface area contributed by atoms with Crippen molar-refractivity contribution in [1.29, 1.82) is 0 Å². The second-order valence-corrected chi connectivity index (χ2v) is 3.68. The normalized spacial score (nSPS) is 14.4. The van der Waals surface area contributed by atoms with Gasteiger partial charge in [-0.3, -0.25) is 0 Å². The number of rotatable bonds is 3. The Labute approximate surface area is 82.9 Å². The minimum absolute atomic E-state index is 0.436. The third-order valence-corrected chi connectivity index (χ3v) is 2.66. The number of halogens is 3. The van der Waals surface area contributed by atoms with Crippen LogP contribution in [0.15, 0.2) is 17.6 Å². The van der Waals surface area contributed by atoms with Crippen LogP contribution < -0.4 is 0 Å². The van der Waals surface area contributed by atoms with Crippen LogP contribution in [0.2, 0.25) is 0 Å². The molecule has 1 heterocycles. The standard InChI is InChI=1S/C7H9F3N2OS/c1-12-3-2-11-6(12)14-4-5(13)7(8,9)10/h2-3,5,13H,4H2,1H3/t5-/m1/s1. The van der Waals surface area contributed by atoms with E-state index in [9.17, 15) is 13.2 Å². The van der Waals surface area contributed by atoms with Crippen LogP contribution in [0, 0.1) is 0 Å². The maximum absolute atomic E-state index is 11.9. The Morgan fingerprint density at radius 3 is 2.71 bits per heavy atom. The Balaban J connectivity index is 2.46. The number of aliphatic hydroxyl groups is 1. The topological polar surface area (TPSA) is 38.0 Å². The van der Waals surface area contributed by atoms with Gasteiger partial charge in [0.05, 0.1) is 0 Å². The molecule has 0 aliphatic carbocycles. The lowest BCUT2D eigenvalue weighted by molar-refractivity contribution is -0.195. The maximum Gasteiger partial charge on any atom is 0.415 e. The summed E-state index contributed by atoms with van der Waals surface area (Å²) in [4.78, 5) is 3.82. The average Bonchev–Trinajstić information content (AvgIpc) is 2.45. The zero-order chi connectivity index (χ0) is 10.8. The quantitative estimate of drug-likeness (QED) is 0.792. The number of aliphatic hydroxyl groups excluding tert-OH is 1. The summed E-state index contributed by atoms with van der Waals surface area (Å²) in [5, 5.41) is 9.14. The van der Waals surface area contributed by atoms with Crippen molar-refractivity contribution in [3.05, 3.63) is 12.4 Å². The van der Waals surface area contributed by atoms with Crippen molar-refractivity contribution >= 4 is 11.8 Å². The molecule has 0 saturated carbocycles. The van der Waals surface area contributed by atoms with Crippen LogP contribution in [0.25, 0.3) is 0 Å². The zero-order valence-electron chi connectivity index (χ0n) is 7.32. The van der Waals surface area contributed by atoms with Crippen LogP contribution in [-0.2, 0) is 7.05 Å². The van der Waals surface area contributed by atoms with Crippen molar-refractivity contribution in [2.75, 3.05) is 5.75 Å². The van der Waals surface area contributed by atoms with Crippen LogP contribution in [0.3, 0.4) is 0 Å². The highest BCUT2D eigenvalue weighted by Crippen LogP contribution is 2.25. The number of aryl methyl sites for hydroxylation is 1. The van der Waals surface area contributed by atoms with E-state index in [1.807, 2.05) is 0 Å². The molecule has 3 nitrogen and oxygen atoms in total. The van der Waals surface area contributed by atoms with E-state index >= 15 is 0 Å². The van der Waals surface area contributed by atoms with Crippen molar-refractivity contribution in [2.45, 2.75) is 17.4 Å². The molecule has 1 atom stereocenters. The van der Waals surface area contributed by atoms with Gasteiger partial charge in [-0.15, -0.1) is 0 Å². The maximum atomic E-state index is 11.9. The molecule has 1 rings (SSSR count). The molecule has 0 radical (unpaired) electrons. The Kier molecular flexibility index (Phi) is 3.43. The first-order chi connectivity index (χ1) is 6.41. The SMILES string of the molecule is Cn1ccnc1SC[C@@H](O)C(F)(F)F. The van der Waals surface area contributed by atoms with E-state index < -0.39 is 18.0 Å². The number of thioether (sulfide) groups is 1. The van der Waals surface area contributed by atoms with Crippen LogP contribution in [0.4, 0.5) is 13.2 Å². The van der Waals surface area contributed by atoms with Crippen molar-refractivity contribution in [1.82, 2.24) is 9.55 Å². The Morgan fingerprint density at radius 1 is 1.64 bits per heavy atom. The number of imidazole rings is 1. The summed E-state index contributed by atoms with van der Waals surface area (Å²) in [6, 6.07) is 0. The molecule has 0 spiro atoms.